The van der Waals surface area contributed by atoms with Crippen molar-refractivity contribution in [2.45, 2.75) is 46.1 Å². The Labute approximate surface area is 90.7 Å². The topological polar surface area (TPSA) is 87.7 Å². The van der Waals surface area contributed by atoms with E-state index in [4.69, 9.17) is 10.9 Å². The quantitative estimate of drug-likeness (QED) is 0.268. The summed E-state index contributed by atoms with van der Waals surface area (Å²) in [5.41, 5.74) is 5.44. The van der Waals surface area contributed by atoms with Crippen molar-refractivity contribution in [1.29, 1.82) is 0 Å². The molecule has 0 fully saturated rings. The second kappa shape index (κ2) is 7.09. The van der Waals surface area contributed by atoms with Gasteiger partial charge in [0.1, 0.15) is 0 Å². The van der Waals surface area contributed by atoms with E-state index in [1.807, 2.05) is 20.8 Å². The van der Waals surface area contributed by atoms with Crippen molar-refractivity contribution in [2.75, 3.05) is 0 Å². The molecule has 0 bridgehead atoms. The zero-order valence-corrected chi connectivity index (χ0v) is 9.66. The minimum Gasteiger partial charge on any atom is -0.409 e. The lowest BCUT2D eigenvalue weighted by atomic mass is 10.0. The number of nitrogens with one attached hydrogen (secondary N) is 1. The second-order valence-corrected chi connectivity index (χ2v) is 3.51. The van der Waals surface area contributed by atoms with Gasteiger partial charge in [-0.25, -0.2) is 0 Å². The van der Waals surface area contributed by atoms with Crippen molar-refractivity contribution in [1.82, 2.24) is 5.32 Å². The van der Waals surface area contributed by atoms with Crippen LogP contribution in [0.2, 0.25) is 0 Å². The van der Waals surface area contributed by atoms with Crippen LogP contribution in [-0.4, -0.2) is 23.0 Å². The summed E-state index contributed by atoms with van der Waals surface area (Å²) >= 11 is 0. The smallest absolute Gasteiger partial charge is 0.223 e. The number of hydrogen-bond acceptors (Lipinski definition) is 3. The second-order valence-electron chi connectivity index (χ2n) is 3.51. The van der Waals surface area contributed by atoms with Crippen LogP contribution in [0.4, 0.5) is 0 Å². The molecule has 0 rings (SSSR count). The Balaban J connectivity index is 4.36. The lowest BCUT2D eigenvalue weighted by Gasteiger charge is -2.19. The molecule has 15 heavy (non-hydrogen) atoms. The molecule has 1 unspecified atom stereocenters. The van der Waals surface area contributed by atoms with Crippen molar-refractivity contribution in [3.8, 4) is 0 Å². The van der Waals surface area contributed by atoms with Crippen LogP contribution in [0, 0.1) is 5.92 Å². The van der Waals surface area contributed by atoms with Crippen LogP contribution >= 0.6 is 0 Å². The first-order valence-electron chi connectivity index (χ1n) is 5.38. The summed E-state index contributed by atoms with van der Waals surface area (Å²) in [6, 6.07) is -0.372. The zero-order chi connectivity index (χ0) is 11.8. The summed E-state index contributed by atoms with van der Waals surface area (Å²) < 4.78 is 0. The van der Waals surface area contributed by atoms with Gasteiger partial charge in [-0.1, -0.05) is 25.9 Å². The maximum Gasteiger partial charge on any atom is 0.223 e. The van der Waals surface area contributed by atoms with E-state index in [2.05, 4.69) is 10.5 Å². The van der Waals surface area contributed by atoms with E-state index >= 15 is 0 Å². The molecule has 1 atom stereocenters. The Morgan fingerprint density at radius 3 is 2.20 bits per heavy atom. The van der Waals surface area contributed by atoms with Gasteiger partial charge in [0, 0.05) is 5.92 Å². The zero-order valence-electron chi connectivity index (χ0n) is 9.66. The van der Waals surface area contributed by atoms with Crippen LogP contribution < -0.4 is 11.1 Å². The maximum absolute atomic E-state index is 11.7. The number of carbonyl (C=O) groups excluding carboxylic acids is 1. The molecule has 0 aromatic carbocycles. The van der Waals surface area contributed by atoms with Crippen LogP contribution in [0.1, 0.15) is 40.0 Å². The van der Waals surface area contributed by atoms with E-state index in [0.717, 1.165) is 12.8 Å². The summed E-state index contributed by atoms with van der Waals surface area (Å²) in [5.74, 6) is 0.0285. The number of hydrogen-bond donors (Lipinski definition) is 3. The first-order chi connectivity index (χ1) is 7.10. The van der Waals surface area contributed by atoms with Crippen LogP contribution in [-0.2, 0) is 4.79 Å². The molecule has 0 heterocycles. The monoisotopic (exact) mass is 215 g/mol. The lowest BCUT2D eigenvalue weighted by molar-refractivity contribution is -0.125. The van der Waals surface area contributed by atoms with Gasteiger partial charge in [-0.15, -0.1) is 0 Å². The molecule has 88 valence electrons. The van der Waals surface area contributed by atoms with E-state index in [0.29, 0.717) is 6.42 Å². The van der Waals surface area contributed by atoms with Crippen molar-refractivity contribution < 1.29 is 10.0 Å². The number of amides is 1. The Morgan fingerprint density at radius 2 is 1.87 bits per heavy atom. The molecule has 5 heteroatoms. The normalized spacial score (nSPS) is 14.0. The van der Waals surface area contributed by atoms with E-state index < -0.39 is 0 Å². The summed E-state index contributed by atoms with van der Waals surface area (Å²) in [7, 11) is 0. The molecule has 0 aliphatic rings. The van der Waals surface area contributed by atoms with Crippen LogP contribution in [0.15, 0.2) is 5.16 Å². The fourth-order valence-corrected chi connectivity index (χ4v) is 1.40. The number of rotatable bonds is 6. The third kappa shape index (κ3) is 4.18. The minimum atomic E-state index is -0.372. The average Bonchev–Trinajstić information content (AvgIpc) is 2.26. The van der Waals surface area contributed by atoms with Gasteiger partial charge in [0.25, 0.3) is 0 Å². The van der Waals surface area contributed by atoms with Gasteiger partial charge in [0.05, 0.1) is 6.04 Å². The molecular weight excluding hydrogens is 194 g/mol. The maximum atomic E-state index is 11.7. The third-order valence-electron chi connectivity index (χ3n) is 2.55. The fraction of sp³-hybridized carbons (Fsp3) is 0.800. The fourth-order valence-electron chi connectivity index (χ4n) is 1.40. The van der Waals surface area contributed by atoms with Crippen LogP contribution in [0.25, 0.3) is 0 Å². The van der Waals surface area contributed by atoms with Gasteiger partial charge in [0.15, 0.2) is 5.84 Å². The van der Waals surface area contributed by atoms with Crippen molar-refractivity contribution in [3.05, 3.63) is 0 Å². The minimum absolute atomic E-state index is 0.00513. The molecular formula is C10H21N3O2. The van der Waals surface area contributed by atoms with Crippen molar-refractivity contribution in [3.63, 3.8) is 0 Å². The Bertz CT molecular complexity index is 225. The van der Waals surface area contributed by atoms with Crippen molar-refractivity contribution >= 4 is 11.7 Å². The summed E-state index contributed by atoms with van der Waals surface area (Å²) in [4.78, 5) is 11.7. The molecule has 0 aliphatic heterocycles. The van der Waals surface area contributed by atoms with E-state index in [1.165, 1.54) is 0 Å². The Morgan fingerprint density at radius 1 is 1.33 bits per heavy atom. The SMILES string of the molecule is CCC(CC)C(=O)NC(CC)/C(N)=N/O. The first kappa shape index (κ1) is 13.7. The third-order valence-corrected chi connectivity index (χ3v) is 2.55. The lowest BCUT2D eigenvalue weighted by Crippen LogP contribution is -2.46. The number of oxime groups is 1. The molecule has 0 spiro atoms. The Hall–Kier alpha value is -1.26. The van der Waals surface area contributed by atoms with Crippen LogP contribution in [0.3, 0.4) is 0 Å². The molecule has 4 N–H and O–H groups in total. The molecule has 5 nitrogen and oxygen atoms in total. The van der Waals surface area contributed by atoms with Gasteiger partial charge >= 0.3 is 0 Å². The molecule has 0 aromatic rings. The molecule has 0 radical (unpaired) electrons. The van der Waals surface area contributed by atoms with Gasteiger partial charge in [-0.2, -0.15) is 0 Å². The molecule has 1 amide bonds. The summed E-state index contributed by atoms with van der Waals surface area (Å²) in [5, 5.41) is 14.2. The largest absolute Gasteiger partial charge is 0.409 e. The van der Waals surface area contributed by atoms with Gasteiger partial charge < -0.3 is 16.3 Å². The number of nitrogens with two attached hydrogens (primary N) is 1. The highest BCUT2D eigenvalue weighted by molar-refractivity contribution is 5.90. The highest BCUT2D eigenvalue weighted by Gasteiger charge is 2.19. The summed E-state index contributed by atoms with van der Waals surface area (Å²) in [6.45, 7) is 5.81. The predicted molar refractivity (Wildman–Crippen MR) is 59.7 cm³/mol. The first-order valence-corrected chi connectivity index (χ1v) is 5.38. The Kier molecular flexibility index (Phi) is 6.49. The van der Waals surface area contributed by atoms with Crippen LogP contribution in [0.5, 0.6) is 0 Å². The summed E-state index contributed by atoms with van der Waals surface area (Å²) in [6.07, 6.45) is 2.21. The van der Waals surface area contributed by atoms with Gasteiger partial charge in [0.2, 0.25) is 5.91 Å². The van der Waals surface area contributed by atoms with Crippen molar-refractivity contribution in [2.24, 2.45) is 16.8 Å². The molecule has 0 saturated carbocycles. The van der Waals surface area contributed by atoms with E-state index in [1.54, 1.807) is 0 Å². The van der Waals surface area contributed by atoms with Gasteiger partial charge in [-0.3, -0.25) is 4.79 Å². The molecule has 0 aliphatic carbocycles. The highest BCUT2D eigenvalue weighted by Crippen LogP contribution is 2.08. The average molecular weight is 215 g/mol. The van der Waals surface area contributed by atoms with Gasteiger partial charge in [-0.05, 0) is 19.3 Å². The van der Waals surface area contributed by atoms with E-state index in [9.17, 15) is 4.79 Å². The standard InChI is InChI=1S/C10H21N3O2/c1-4-7(5-2)10(14)12-8(6-3)9(11)13-15/h7-8,15H,4-6H2,1-3H3,(H2,11,13)(H,12,14). The number of carbonyl (C=O) groups is 1. The number of amidine groups is 1. The predicted octanol–water partition coefficient (Wildman–Crippen LogP) is 1.06. The molecule has 0 aromatic heterocycles. The highest BCUT2D eigenvalue weighted by atomic mass is 16.4. The number of nitrogens with zero attached hydrogens (tertiary/aromatic N) is 1. The van der Waals surface area contributed by atoms with E-state index in [-0.39, 0.29) is 23.7 Å². The molecule has 0 saturated heterocycles.